The van der Waals surface area contributed by atoms with E-state index in [-0.39, 0.29) is 0 Å². The van der Waals surface area contributed by atoms with Crippen LogP contribution in [0, 0.1) is 11.8 Å². The van der Waals surface area contributed by atoms with Crippen molar-refractivity contribution in [2.75, 3.05) is 13.1 Å². The summed E-state index contributed by atoms with van der Waals surface area (Å²) in [6.45, 7) is 6.87. The predicted octanol–water partition coefficient (Wildman–Crippen LogP) is 3.82. The van der Waals surface area contributed by atoms with Crippen LogP contribution in [0.5, 0.6) is 0 Å². The van der Waals surface area contributed by atoms with Crippen molar-refractivity contribution in [3.8, 4) is 0 Å². The molecular formula is C16H25N. The molecule has 1 heteroatoms. The Morgan fingerprint density at radius 3 is 2.65 bits per heavy atom. The lowest BCUT2D eigenvalue weighted by Gasteiger charge is -2.35. The Bertz CT molecular complexity index is 318. The summed E-state index contributed by atoms with van der Waals surface area (Å²) in [5, 5.41) is 3.53. The molecule has 1 fully saturated rings. The molecule has 17 heavy (non-hydrogen) atoms. The van der Waals surface area contributed by atoms with Crippen molar-refractivity contribution in [2.45, 2.75) is 39.0 Å². The monoisotopic (exact) mass is 231 g/mol. The summed E-state index contributed by atoms with van der Waals surface area (Å²) in [5.41, 5.74) is 1.54. The molecule has 0 aliphatic heterocycles. The number of hydrogen-bond donors (Lipinski definition) is 1. The zero-order chi connectivity index (χ0) is 12.1. The smallest absolute Gasteiger partial charge is 0.00148 e. The minimum Gasteiger partial charge on any atom is -0.317 e. The lowest BCUT2D eigenvalue weighted by atomic mass is 9.71. The van der Waals surface area contributed by atoms with Gasteiger partial charge in [0.05, 0.1) is 0 Å². The van der Waals surface area contributed by atoms with Gasteiger partial charge < -0.3 is 5.32 Å². The van der Waals surface area contributed by atoms with Gasteiger partial charge in [-0.25, -0.2) is 0 Å². The molecule has 94 valence electrons. The van der Waals surface area contributed by atoms with E-state index in [1.807, 2.05) is 0 Å². The highest BCUT2D eigenvalue weighted by Gasteiger charge is 2.29. The summed E-state index contributed by atoms with van der Waals surface area (Å²) in [6.07, 6.45) is 4.15. The molecule has 1 aliphatic rings. The first-order chi connectivity index (χ1) is 8.31. The second-order valence-corrected chi connectivity index (χ2v) is 5.50. The zero-order valence-corrected chi connectivity index (χ0v) is 11.2. The molecule has 1 aromatic rings. The average Bonchev–Trinajstić information content (AvgIpc) is 2.38. The fourth-order valence-electron chi connectivity index (χ4n) is 3.13. The highest BCUT2D eigenvalue weighted by atomic mass is 14.8. The first kappa shape index (κ1) is 12.6. The van der Waals surface area contributed by atoms with Crippen molar-refractivity contribution in [3.63, 3.8) is 0 Å². The molecule has 0 spiro atoms. The van der Waals surface area contributed by atoms with E-state index in [2.05, 4.69) is 49.5 Å². The Kier molecular flexibility index (Phi) is 4.61. The van der Waals surface area contributed by atoms with E-state index in [0.717, 1.165) is 24.3 Å². The van der Waals surface area contributed by atoms with E-state index in [4.69, 9.17) is 0 Å². The van der Waals surface area contributed by atoms with Gasteiger partial charge in [-0.05, 0) is 49.2 Å². The second-order valence-electron chi connectivity index (χ2n) is 5.50. The molecule has 1 aromatic carbocycles. The average molecular weight is 231 g/mol. The van der Waals surface area contributed by atoms with Crippen molar-refractivity contribution < 1.29 is 0 Å². The van der Waals surface area contributed by atoms with Crippen LogP contribution in [0.15, 0.2) is 30.3 Å². The third kappa shape index (κ3) is 3.32. The highest BCUT2D eigenvalue weighted by molar-refractivity contribution is 5.21. The molecule has 1 aliphatic carbocycles. The lowest BCUT2D eigenvalue weighted by molar-refractivity contribution is 0.243. The Labute approximate surface area is 106 Å². The van der Waals surface area contributed by atoms with Crippen LogP contribution >= 0.6 is 0 Å². The van der Waals surface area contributed by atoms with E-state index < -0.39 is 0 Å². The fourth-order valence-corrected chi connectivity index (χ4v) is 3.13. The normalized spacial score (nSPS) is 29.2. The maximum Gasteiger partial charge on any atom is -0.00148 e. The minimum absolute atomic E-state index is 0.763. The summed E-state index contributed by atoms with van der Waals surface area (Å²) < 4.78 is 0. The molecule has 3 atom stereocenters. The quantitative estimate of drug-likeness (QED) is 0.830. The Hall–Kier alpha value is -0.820. The van der Waals surface area contributed by atoms with Crippen LogP contribution in [0.2, 0.25) is 0 Å². The molecule has 0 bridgehead atoms. The van der Waals surface area contributed by atoms with Crippen LogP contribution in [0.3, 0.4) is 0 Å². The van der Waals surface area contributed by atoms with E-state index >= 15 is 0 Å². The third-order valence-electron chi connectivity index (χ3n) is 4.14. The molecule has 2 rings (SSSR count). The van der Waals surface area contributed by atoms with Gasteiger partial charge in [0.25, 0.3) is 0 Å². The molecule has 1 saturated carbocycles. The Morgan fingerprint density at radius 1 is 1.18 bits per heavy atom. The van der Waals surface area contributed by atoms with Crippen LogP contribution in [0.1, 0.15) is 44.6 Å². The van der Waals surface area contributed by atoms with Gasteiger partial charge in [0.15, 0.2) is 0 Å². The largest absolute Gasteiger partial charge is 0.317 e. The molecule has 0 radical (unpaired) electrons. The Morgan fingerprint density at radius 2 is 1.94 bits per heavy atom. The summed E-state index contributed by atoms with van der Waals surface area (Å²) in [7, 11) is 0. The van der Waals surface area contributed by atoms with Crippen LogP contribution in [-0.4, -0.2) is 13.1 Å². The molecule has 0 aromatic heterocycles. The van der Waals surface area contributed by atoms with Crippen molar-refractivity contribution in [3.05, 3.63) is 35.9 Å². The first-order valence-corrected chi connectivity index (χ1v) is 7.07. The summed E-state index contributed by atoms with van der Waals surface area (Å²) >= 11 is 0. The molecule has 0 saturated heterocycles. The molecular weight excluding hydrogens is 206 g/mol. The maximum atomic E-state index is 3.53. The molecule has 1 nitrogen and oxygen atoms in total. The fraction of sp³-hybridized carbons (Fsp3) is 0.625. The molecule has 0 amide bonds. The van der Waals surface area contributed by atoms with Crippen LogP contribution in [0.25, 0.3) is 0 Å². The van der Waals surface area contributed by atoms with Gasteiger partial charge in [0.2, 0.25) is 0 Å². The lowest BCUT2D eigenvalue weighted by Crippen LogP contribution is -2.31. The van der Waals surface area contributed by atoms with Crippen molar-refractivity contribution in [2.24, 2.45) is 11.8 Å². The second kappa shape index (κ2) is 6.20. The predicted molar refractivity (Wildman–Crippen MR) is 74.2 cm³/mol. The Balaban J connectivity index is 2.08. The van der Waals surface area contributed by atoms with Gasteiger partial charge in [-0.2, -0.15) is 0 Å². The minimum atomic E-state index is 0.763. The zero-order valence-electron chi connectivity index (χ0n) is 11.2. The van der Waals surface area contributed by atoms with Crippen molar-refractivity contribution in [1.29, 1.82) is 0 Å². The van der Waals surface area contributed by atoms with Crippen molar-refractivity contribution in [1.82, 2.24) is 5.32 Å². The van der Waals surface area contributed by atoms with E-state index in [1.54, 1.807) is 5.56 Å². The van der Waals surface area contributed by atoms with Gasteiger partial charge in [0.1, 0.15) is 0 Å². The number of hydrogen-bond acceptors (Lipinski definition) is 1. The summed E-state index contributed by atoms with van der Waals surface area (Å²) in [6, 6.07) is 11.1. The standard InChI is InChI=1S/C16H25N/c1-3-17-12-15-10-9-13(2)11-16(15)14-7-5-4-6-8-14/h4-8,13,15-17H,3,9-12H2,1-2H3. The molecule has 3 unspecified atom stereocenters. The van der Waals surface area contributed by atoms with E-state index in [1.165, 1.54) is 25.8 Å². The van der Waals surface area contributed by atoms with E-state index in [9.17, 15) is 0 Å². The number of rotatable bonds is 4. The van der Waals surface area contributed by atoms with Gasteiger partial charge in [0, 0.05) is 0 Å². The van der Waals surface area contributed by atoms with Gasteiger partial charge in [-0.3, -0.25) is 0 Å². The maximum absolute atomic E-state index is 3.53. The molecule has 0 heterocycles. The first-order valence-electron chi connectivity index (χ1n) is 7.07. The van der Waals surface area contributed by atoms with Crippen molar-refractivity contribution >= 4 is 0 Å². The van der Waals surface area contributed by atoms with Gasteiger partial charge >= 0.3 is 0 Å². The highest BCUT2D eigenvalue weighted by Crippen LogP contribution is 2.40. The number of benzene rings is 1. The SMILES string of the molecule is CCNCC1CCC(C)CC1c1ccccc1. The van der Waals surface area contributed by atoms with Gasteiger partial charge in [-0.15, -0.1) is 0 Å². The summed E-state index contributed by atoms with van der Waals surface area (Å²) in [4.78, 5) is 0. The van der Waals surface area contributed by atoms with Crippen LogP contribution in [-0.2, 0) is 0 Å². The number of nitrogens with one attached hydrogen (secondary N) is 1. The summed E-state index contributed by atoms with van der Waals surface area (Å²) in [5.74, 6) is 2.48. The molecule has 1 N–H and O–H groups in total. The van der Waals surface area contributed by atoms with Gasteiger partial charge in [-0.1, -0.05) is 50.6 Å². The van der Waals surface area contributed by atoms with Crippen LogP contribution in [0.4, 0.5) is 0 Å². The van der Waals surface area contributed by atoms with E-state index in [0.29, 0.717) is 0 Å². The topological polar surface area (TPSA) is 12.0 Å². The third-order valence-corrected chi connectivity index (χ3v) is 4.14. The van der Waals surface area contributed by atoms with Crippen LogP contribution < -0.4 is 5.32 Å².